The Hall–Kier alpha value is -3.71. The summed E-state index contributed by atoms with van der Waals surface area (Å²) in [6.45, 7) is 2.76. The standard InChI is InChI=1S/C29H30FN3O3/c30-25-12-6-5-11-24(25)27-19-32(17-22-10-4-7-13-26(22)36-27)15-14-31-28(34)20-33-18-23(16-29(33)35)21-8-2-1-3-9-21/h1-13,23,27H,14-20H2,(H,31,34). The van der Waals surface area contributed by atoms with Gasteiger partial charge in [0, 0.05) is 56.2 Å². The minimum atomic E-state index is -0.456. The van der Waals surface area contributed by atoms with Gasteiger partial charge in [-0.05, 0) is 17.7 Å². The Morgan fingerprint density at radius 3 is 2.56 bits per heavy atom. The van der Waals surface area contributed by atoms with Gasteiger partial charge >= 0.3 is 0 Å². The Labute approximate surface area is 210 Å². The van der Waals surface area contributed by atoms with Crippen molar-refractivity contribution in [1.82, 2.24) is 15.1 Å². The van der Waals surface area contributed by atoms with Crippen LogP contribution in [-0.2, 0) is 16.1 Å². The zero-order chi connectivity index (χ0) is 24.9. The molecule has 0 spiro atoms. The number of para-hydroxylation sites is 1. The van der Waals surface area contributed by atoms with Gasteiger partial charge in [0.25, 0.3) is 0 Å². The molecule has 1 saturated heterocycles. The number of ether oxygens (including phenoxy) is 1. The number of likely N-dealkylation sites (tertiary alicyclic amines) is 1. The average Bonchev–Trinajstić information content (AvgIpc) is 3.14. The first-order valence-corrected chi connectivity index (χ1v) is 12.4. The predicted octanol–water partition coefficient (Wildman–Crippen LogP) is 3.89. The molecule has 2 unspecified atom stereocenters. The average molecular weight is 488 g/mol. The number of nitrogens with zero attached hydrogens (tertiary/aromatic N) is 2. The minimum absolute atomic E-state index is 0.00741. The second-order valence-corrected chi connectivity index (χ2v) is 9.41. The largest absolute Gasteiger partial charge is 0.484 e. The zero-order valence-corrected chi connectivity index (χ0v) is 20.1. The van der Waals surface area contributed by atoms with Gasteiger partial charge in [0.1, 0.15) is 17.7 Å². The van der Waals surface area contributed by atoms with Crippen LogP contribution in [0.25, 0.3) is 0 Å². The van der Waals surface area contributed by atoms with E-state index in [2.05, 4.69) is 10.2 Å². The molecule has 1 fully saturated rings. The molecule has 2 aliphatic heterocycles. The molecule has 3 aromatic carbocycles. The number of nitrogens with one attached hydrogen (secondary N) is 1. The second kappa shape index (κ2) is 10.9. The van der Waals surface area contributed by atoms with Crippen molar-refractivity contribution >= 4 is 11.8 Å². The number of amides is 2. The van der Waals surface area contributed by atoms with E-state index in [0.29, 0.717) is 44.7 Å². The van der Waals surface area contributed by atoms with Crippen molar-refractivity contribution in [2.45, 2.75) is 25.0 Å². The van der Waals surface area contributed by atoms with Gasteiger partial charge in [-0.15, -0.1) is 0 Å². The summed E-state index contributed by atoms with van der Waals surface area (Å²) in [6, 6.07) is 24.4. The molecular weight excluding hydrogens is 457 g/mol. The van der Waals surface area contributed by atoms with E-state index in [-0.39, 0.29) is 30.1 Å². The van der Waals surface area contributed by atoms with Crippen molar-refractivity contribution in [1.29, 1.82) is 0 Å². The van der Waals surface area contributed by atoms with Crippen LogP contribution in [0.3, 0.4) is 0 Å². The maximum atomic E-state index is 14.5. The van der Waals surface area contributed by atoms with Gasteiger partial charge in [0.15, 0.2) is 0 Å². The predicted molar refractivity (Wildman–Crippen MR) is 135 cm³/mol. The highest BCUT2D eigenvalue weighted by molar-refractivity contribution is 5.86. The Kier molecular flexibility index (Phi) is 7.28. The van der Waals surface area contributed by atoms with Crippen LogP contribution in [0.5, 0.6) is 5.75 Å². The molecule has 3 aromatic rings. The van der Waals surface area contributed by atoms with Crippen LogP contribution in [0.1, 0.15) is 35.1 Å². The van der Waals surface area contributed by atoms with E-state index in [4.69, 9.17) is 4.74 Å². The lowest BCUT2D eigenvalue weighted by molar-refractivity contribution is -0.133. The number of carbonyl (C=O) groups excluding carboxylic acids is 2. The smallest absolute Gasteiger partial charge is 0.239 e. The molecule has 7 heteroatoms. The Bertz CT molecular complexity index is 1220. The number of halogens is 1. The summed E-state index contributed by atoms with van der Waals surface area (Å²) in [4.78, 5) is 28.9. The Morgan fingerprint density at radius 1 is 0.972 bits per heavy atom. The molecule has 0 bridgehead atoms. The number of hydrogen-bond acceptors (Lipinski definition) is 4. The lowest BCUT2D eigenvalue weighted by atomic mass is 9.99. The van der Waals surface area contributed by atoms with Gasteiger partial charge in [0.2, 0.25) is 11.8 Å². The Balaban J connectivity index is 1.17. The lowest BCUT2D eigenvalue weighted by Gasteiger charge is -2.24. The number of carbonyl (C=O) groups is 2. The van der Waals surface area contributed by atoms with Gasteiger partial charge in [-0.25, -0.2) is 4.39 Å². The van der Waals surface area contributed by atoms with Gasteiger partial charge in [0.05, 0.1) is 6.54 Å². The molecule has 0 saturated carbocycles. The molecule has 2 aliphatic rings. The highest BCUT2D eigenvalue weighted by atomic mass is 19.1. The quantitative estimate of drug-likeness (QED) is 0.549. The van der Waals surface area contributed by atoms with Crippen molar-refractivity contribution in [2.24, 2.45) is 0 Å². The SMILES string of the molecule is O=C(CN1CC(c2ccccc2)CC1=O)NCCN1Cc2ccccc2OC(c2ccccc2F)C1. The highest BCUT2D eigenvalue weighted by Gasteiger charge is 2.31. The molecule has 36 heavy (non-hydrogen) atoms. The summed E-state index contributed by atoms with van der Waals surface area (Å²) in [5.74, 6) is 0.415. The van der Waals surface area contributed by atoms with E-state index in [9.17, 15) is 14.0 Å². The molecule has 0 aliphatic carbocycles. The third-order valence-electron chi connectivity index (χ3n) is 6.88. The van der Waals surface area contributed by atoms with Crippen molar-refractivity contribution in [3.63, 3.8) is 0 Å². The molecule has 0 aromatic heterocycles. The molecule has 5 rings (SSSR count). The zero-order valence-electron chi connectivity index (χ0n) is 20.1. The number of hydrogen-bond donors (Lipinski definition) is 1. The first-order valence-electron chi connectivity index (χ1n) is 12.4. The van der Waals surface area contributed by atoms with Crippen molar-refractivity contribution in [3.05, 3.63) is 101 Å². The maximum Gasteiger partial charge on any atom is 0.239 e. The third-order valence-corrected chi connectivity index (χ3v) is 6.88. The van der Waals surface area contributed by atoms with Crippen molar-refractivity contribution in [3.8, 4) is 5.75 Å². The van der Waals surface area contributed by atoms with Crippen LogP contribution in [-0.4, -0.2) is 54.3 Å². The number of rotatable bonds is 7. The van der Waals surface area contributed by atoms with Crippen LogP contribution in [0.2, 0.25) is 0 Å². The molecule has 2 heterocycles. The minimum Gasteiger partial charge on any atom is -0.484 e. The summed E-state index contributed by atoms with van der Waals surface area (Å²) >= 11 is 0. The van der Waals surface area contributed by atoms with E-state index in [1.165, 1.54) is 6.07 Å². The van der Waals surface area contributed by atoms with Gasteiger partial charge < -0.3 is 15.0 Å². The monoisotopic (exact) mass is 487 g/mol. The van der Waals surface area contributed by atoms with Crippen LogP contribution < -0.4 is 10.1 Å². The fraction of sp³-hybridized carbons (Fsp3) is 0.310. The lowest BCUT2D eigenvalue weighted by Crippen LogP contribution is -2.41. The van der Waals surface area contributed by atoms with Crippen LogP contribution >= 0.6 is 0 Å². The highest BCUT2D eigenvalue weighted by Crippen LogP contribution is 2.32. The molecule has 186 valence electrons. The third kappa shape index (κ3) is 5.57. The molecule has 6 nitrogen and oxygen atoms in total. The van der Waals surface area contributed by atoms with Crippen molar-refractivity contribution < 1.29 is 18.7 Å². The molecule has 2 atom stereocenters. The van der Waals surface area contributed by atoms with E-state index in [1.807, 2.05) is 60.7 Å². The van der Waals surface area contributed by atoms with Gasteiger partial charge in [-0.1, -0.05) is 66.7 Å². The number of benzene rings is 3. The van der Waals surface area contributed by atoms with Crippen LogP contribution in [0, 0.1) is 5.82 Å². The van der Waals surface area contributed by atoms with Crippen LogP contribution in [0.15, 0.2) is 78.9 Å². The first kappa shape index (κ1) is 24.0. The Morgan fingerprint density at radius 2 is 1.72 bits per heavy atom. The first-order chi connectivity index (χ1) is 17.6. The fourth-order valence-corrected chi connectivity index (χ4v) is 5.00. The summed E-state index contributed by atoms with van der Waals surface area (Å²) in [5, 5.41) is 2.95. The normalized spacial score (nSPS) is 19.9. The maximum absolute atomic E-state index is 14.5. The summed E-state index contributed by atoms with van der Waals surface area (Å²) < 4.78 is 20.8. The summed E-state index contributed by atoms with van der Waals surface area (Å²) in [5.41, 5.74) is 2.67. The van der Waals surface area contributed by atoms with Gasteiger partial charge in [-0.2, -0.15) is 0 Å². The fourth-order valence-electron chi connectivity index (χ4n) is 5.00. The van der Waals surface area contributed by atoms with E-state index in [1.54, 1.807) is 17.0 Å². The number of fused-ring (bicyclic) bond motifs is 1. The van der Waals surface area contributed by atoms with Crippen LogP contribution in [0.4, 0.5) is 4.39 Å². The van der Waals surface area contributed by atoms with Gasteiger partial charge in [-0.3, -0.25) is 14.5 Å². The second-order valence-electron chi connectivity index (χ2n) is 9.41. The summed E-state index contributed by atoms with van der Waals surface area (Å²) in [7, 11) is 0. The van der Waals surface area contributed by atoms with Crippen molar-refractivity contribution in [2.75, 3.05) is 32.7 Å². The molecule has 0 radical (unpaired) electrons. The molecular formula is C29H30FN3O3. The topological polar surface area (TPSA) is 61.9 Å². The summed E-state index contributed by atoms with van der Waals surface area (Å²) in [6.07, 6.45) is -0.0234. The van der Waals surface area contributed by atoms with E-state index >= 15 is 0 Å². The molecule has 2 amide bonds. The van der Waals surface area contributed by atoms with E-state index in [0.717, 1.165) is 16.9 Å². The molecule has 1 N–H and O–H groups in total. The van der Waals surface area contributed by atoms with E-state index < -0.39 is 6.10 Å².